The molecule has 0 fully saturated rings. The molecule has 0 aliphatic carbocycles. The molecule has 2 nitrogen and oxygen atoms in total. The van der Waals surface area contributed by atoms with Gasteiger partial charge in [-0.1, -0.05) is 26.0 Å². The zero-order valence-electron chi connectivity index (χ0n) is 10.4. The van der Waals surface area contributed by atoms with Gasteiger partial charge in [0.05, 0.1) is 0 Å². The standard InChI is InChI=1S/C14H19O2/c1-5-10(2)13-6-7-14(11(3)8-13)16-12(4)9-15/h6-8,10,12H,5H2,1-4H3. The highest BCUT2D eigenvalue weighted by atomic mass is 16.5. The lowest BCUT2D eigenvalue weighted by Crippen LogP contribution is -2.13. The molecule has 1 aromatic carbocycles. The van der Waals surface area contributed by atoms with Crippen molar-refractivity contribution in [3.05, 3.63) is 29.3 Å². The molecule has 0 aliphatic heterocycles. The van der Waals surface area contributed by atoms with Crippen LogP contribution in [0.5, 0.6) is 5.75 Å². The first-order valence-corrected chi connectivity index (χ1v) is 5.73. The second-order valence-electron chi connectivity index (χ2n) is 4.21. The number of benzene rings is 1. The first kappa shape index (κ1) is 12.8. The van der Waals surface area contributed by atoms with E-state index in [1.807, 2.05) is 19.3 Å². The van der Waals surface area contributed by atoms with Crippen LogP contribution < -0.4 is 4.74 Å². The molecule has 2 unspecified atom stereocenters. The minimum Gasteiger partial charge on any atom is -0.482 e. The van der Waals surface area contributed by atoms with Gasteiger partial charge in [-0.2, -0.15) is 0 Å². The van der Waals surface area contributed by atoms with Gasteiger partial charge in [0.15, 0.2) is 6.10 Å². The summed E-state index contributed by atoms with van der Waals surface area (Å²) in [4.78, 5) is 10.4. The van der Waals surface area contributed by atoms with Gasteiger partial charge in [0.25, 0.3) is 0 Å². The maximum atomic E-state index is 10.4. The van der Waals surface area contributed by atoms with E-state index in [4.69, 9.17) is 4.74 Å². The Morgan fingerprint density at radius 3 is 2.56 bits per heavy atom. The molecule has 2 atom stereocenters. The highest BCUT2D eigenvalue weighted by Gasteiger charge is 2.08. The molecule has 2 heteroatoms. The van der Waals surface area contributed by atoms with E-state index < -0.39 is 6.10 Å². The van der Waals surface area contributed by atoms with E-state index in [-0.39, 0.29) is 0 Å². The molecule has 0 aliphatic rings. The van der Waals surface area contributed by atoms with Crippen LogP contribution in [0, 0.1) is 6.92 Å². The fourth-order valence-corrected chi connectivity index (χ4v) is 1.56. The van der Waals surface area contributed by atoms with E-state index in [9.17, 15) is 4.79 Å². The molecule has 0 bridgehead atoms. The summed E-state index contributed by atoms with van der Waals surface area (Å²) in [7, 11) is 0. The third kappa shape index (κ3) is 3.09. The predicted molar refractivity (Wildman–Crippen MR) is 65.7 cm³/mol. The Hall–Kier alpha value is -1.31. The SMILES string of the molecule is CCC(C)c1ccc(OC(C)[C]=O)c(C)c1. The van der Waals surface area contributed by atoms with Gasteiger partial charge in [-0.25, -0.2) is 0 Å². The lowest BCUT2D eigenvalue weighted by molar-refractivity contribution is 0.276. The summed E-state index contributed by atoms with van der Waals surface area (Å²) in [5.41, 5.74) is 2.38. The number of ether oxygens (including phenoxy) is 1. The minimum atomic E-state index is -0.506. The van der Waals surface area contributed by atoms with Gasteiger partial charge in [-0.3, -0.25) is 4.79 Å². The van der Waals surface area contributed by atoms with Crippen molar-refractivity contribution in [3.63, 3.8) is 0 Å². The topological polar surface area (TPSA) is 26.3 Å². The minimum absolute atomic E-state index is 0.506. The van der Waals surface area contributed by atoms with Crippen molar-refractivity contribution in [2.75, 3.05) is 0 Å². The molecule has 0 amide bonds. The highest BCUT2D eigenvalue weighted by Crippen LogP contribution is 2.25. The smallest absolute Gasteiger partial charge is 0.242 e. The van der Waals surface area contributed by atoms with Gasteiger partial charge in [0, 0.05) is 0 Å². The van der Waals surface area contributed by atoms with Crippen molar-refractivity contribution >= 4 is 6.29 Å². The third-order valence-electron chi connectivity index (χ3n) is 2.85. The van der Waals surface area contributed by atoms with Gasteiger partial charge in [-0.15, -0.1) is 0 Å². The van der Waals surface area contributed by atoms with E-state index >= 15 is 0 Å². The quantitative estimate of drug-likeness (QED) is 0.758. The maximum absolute atomic E-state index is 10.4. The van der Waals surface area contributed by atoms with Crippen molar-refractivity contribution in [1.82, 2.24) is 0 Å². The Morgan fingerprint density at radius 1 is 1.38 bits per heavy atom. The van der Waals surface area contributed by atoms with Crippen LogP contribution in [-0.2, 0) is 4.79 Å². The maximum Gasteiger partial charge on any atom is 0.242 e. The number of hydrogen-bond donors (Lipinski definition) is 0. The normalized spacial score (nSPS) is 14.2. The van der Waals surface area contributed by atoms with Gasteiger partial charge in [0.2, 0.25) is 6.29 Å². The molecule has 0 spiro atoms. The van der Waals surface area contributed by atoms with Crippen molar-refractivity contribution in [1.29, 1.82) is 0 Å². The van der Waals surface area contributed by atoms with Gasteiger partial charge < -0.3 is 4.74 Å². The molecule has 0 saturated heterocycles. The van der Waals surface area contributed by atoms with Crippen LogP contribution in [0.15, 0.2) is 18.2 Å². The van der Waals surface area contributed by atoms with Crippen LogP contribution in [0.1, 0.15) is 44.2 Å². The Labute approximate surface area is 97.6 Å². The van der Waals surface area contributed by atoms with Gasteiger partial charge in [0.1, 0.15) is 5.75 Å². The second kappa shape index (κ2) is 5.69. The molecule has 1 rings (SSSR count). The summed E-state index contributed by atoms with van der Waals surface area (Å²) in [6, 6.07) is 6.12. The number of aryl methyl sites for hydroxylation is 1. The first-order chi connectivity index (χ1) is 7.58. The van der Waals surface area contributed by atoms with Crippen molar-refractivity contribution in [2.24, 2.45) is 0 Å². The molecule has 87 valence electrons. The van der Waals surface area contributed by atoms with Crippen molar-refractivity contribution in [2.45, 2.75) is 46.1 Å². The molecule has 0 N–H and O–H groups in total. The Balaban J connectivity index is 2.87. The van der Waals surface area contributed by atoms with Crippen molar-refractivity contribution < 1.29 is 9.53 Å². The summed E-state index contributed by atoms with van der Waals surface area (Å²) in [6.45, 7) is 8.07. The molecular weight excluding hydrogens is 200 g/mol. The molecule has 1 radical (unpaired) electrons. The largest absolute Gasteiger partial charge is 0.482 e. The molecule has 1 aromatic rings. The van der Waals surface area contributed by atoms with Crippen molar-refractivity contribution in [3.8, 4) is 5.75 Å². The number of hydrogen-bond acceptors (Lipinski definition) is 2. The summed E-state index contributed by atoms with van der Waals surface area (Å²) < 4.78 is 5.44. The van der Waals surface area contributed by atoms with Crippen LogP contribution in [0.2, 0.25) is 0 Å². The van der Waals surface area contributed by atoms with E-state index in [1.54, 1.807) is 6.92 Å². The summed E-state index contributed by atoms with van der Waals surface area (Å²) in [5.74, 6) is 1.32. The molecule has 0 heterocycles. The van der Waals surface area contributed by atoms with E-state index in [1.165, 1.54) is 5.56 Å². The monoisotopic (exact) mass is 219 g/mol. The molecule has 0 saturated carbocycles. The fourth-order valence-electron chi connectivity index (χ4n) is 1.56. The number of carbonyl (C=O) groups excluding carboxylic acids is 1. The lowest BCUT2D eigenvalue weighted by atomic mass is 9.97. The molecule has 16 heavy (non-hydrogen) atoms. The summed E-state index contributed by atoms with van der Waals surface area (Å²) in [6.07, 6.45) is 2.43. The van der Waals surface area contributed by atoms with Crippen LogP contribution in [0.4, 0.5) is 0 Å². The Bertz CT molecular complexity index is 358. The Morgan fingerprint density at radius 2 is 2.06 bits per heavy atom. The average molecular weight is 219 g/mol. The molecule has 0 aromatic heterocycles. The lowest BCUT2D eigenvalue weighted by Gasteiger charge is -2.14. The van der Waals surface area contributed by atoms with Crippen LogP contribution >= 0.6 is 0 Å². The van der Waals surface area contributed by atoms with Crippen LogP contribution in [0.3, 0.4) is 0 Å². The highest BCUT2D eigenvalue weighted by molar-refractivity contribution is 5.57. The average Bonchev–Trinajstić information content (AvgIpc) is 2.30. The van der Waals surface area contributed by atoms with Crippen LogP contribution in [0.25, 0.3) is 0 Å². The van der Waals surface area contributed by atoms with Gasteiger partial charge in [-0.05, 0) is 43.4 Å². The van der Waals surface area contributed by atoms with E-state index in [2.05, 4.69) is 26.0 Å². The van der Waals surface area contributed by atoms with Gasteiger partial charge >= 0.3 is 0 Å². The summed E-state index contributed by atoms with van der Waals surface area (Å²) >= 11 is 0. The van der Waals surface area contributed by atoms with Crippen LogP contribution in [-0.4, -0.2) is 12.4 Å². The van der Waals surface area contributed by atoms with E-state index in [0.717, 1.165) is 17.7 Å². The zero-order chi connectivity index (χ0) is 12.1. The number of rotatable bonds is 5. The van der Waals surface area contributed by atoms with E-state index in [0.29, 0.717) is 5.92 Å². The third-order valence-corrected chi connectivity index (χ3v) is 2.85. The summed E-state index contributed by atoms with van der Waals surface area (Å²) in [5, 5.41) is 0. The Kier molecular flexibility index (Phi) is 4.53. The predicted octanol–water partition coefficient (Wildman–Crippen LogP) is 3.39. The first-order valence-electron chi connectivity index (χ1n) is 5.73. The zero-order valence-corrected chi connectivity index (χ0v) is 10.4. The molecular formula is C14H19O2. The second-order valence-corrected chi connectivity index (χ2v) is 4.21. The fraction of sp³-hybridized carbons (Fsp3) is 0.500.